The number of H-pyrrole nitrogens is 1. The van der Waals surface area contributed by atoms with Crippen LogP contribution in [0.15, 0.2) is 42.5 Å². The third-order valence-corrected chi connectivity index (χ3v) is 6.54. The molecule has 0 aliphatic carbocycles. The number of hydrogen-bond donors (Lipinski definition) is 1. The van der Waals surface area contributed by atoms with E-state index in [4.69, 9.17) is 4.98 Å². The zero-order valence-corrected chi connectivity index (χ0v) is 17.5. The van der Waals surface area contributed by atoms with Gasteiger partial charge in [-0.3, -0.25) is 9.59 Å². The van der Waals surface area contributed by atoms with Crippen LogP contribution in [0.2, 0.25) is 0 Å². The molecule has 3 heterocycles. The molecule has 2 saturated heterocycles. The number of nitrogens with one attached hydrogen (secondary N) is 1. The molecular formula is C24H25FN4O2. The van der Waals surface area contributed by atoms with Crippen molar-refractivity contribution in [3.05, 3.63) is 59.7 Å². The van der Waals surface area contributed by atoms with Gasteiger partial charge in [-0.25, -0.2) is 9.37 Å². The van der Waals surface area contributed by atoms with Gasteiger partial charge in [0.1, 0.15) is 11.6 Å². The molecule has 6 nitrogen and oxygen atoms in total. The van der Waals surface area contributed by atoms with E-state index in [2.05, 4.69) is 4.98 Å². The van der Waals surface area contributed by atoms with E-state index in [-0.39, 0.29) is 30.0 Å². The van der Waals surface area contributed by atoms with Gasteiger partial charge in [-0.1, -0.05) is 18.2 Å². The highest BCUT2D eigenvalue weighted by Gasteiger charge is 2.38. The number of hydrogen-bond acceptors (Lipinski definition) is 3. The number of imidazole rings is 1. The average Bonchev–Trinajstić information content (AvgIpc) is 3.39. The number of benzene rings is 2. The number of aromatic amines is 1. The van der Waals surface area contributed by atoms with Gasteiger partial charge < -0.3 is 14.8 Å². The number of nitrogens with zero attached hydrogens (tertiary/aromatic N) is 3. The van der Waals surface area contributed by atoms with Crippen LogP contribution in [-0.4, -0.2) is 46.3 Å². The summed E-state index contributed by atoms with van der Waals surface area (Å²) in [5.41, 5.74) is 3.06. The molecule has 7 heteroatoms. The number of rotatable bonds is 3. The highest BCUT2D eigenvalue weighted by molar-refractivity contribution is 6.00. The molecule has 5 rings (SSSR count). The van der Waals surface area contributed by atoms with Crippen LogP contribution in [0.3, 0.4) is 0 Å². The van der Waals surface area contributed by atoms with Crippen LogP contribution in [0.1, 0.15) is 36.6 Å². The smallest absolute Gasteiger partial charge is 0.228 e. The fourth-order valence-corrected chi connectivity index (χ4v) is 4.67. The highest BCUT2D eigenvalue weighted by Crippen LogP contribution is 2.31. The minimum Gasteiger partial charge on any atom is -0.342 e. The Morgan fingerprint density at radius 2 is 1.94 bits per heavy atom. The summed E-state index contributed by atoms with van der Waals surface area (Å²) in [6.07, 6.45) is 1.87. The van der Waals surface area contributed by atoms with E-state index >= 15 is 0 Å². The Balaban J connectivity index is 1.22. The Labute approximate surface area is 180 Å². The van der Waals surface area contributed by atoms with Gasteiger partial charge in [0.15, 0.2) is 0 Å². The molecule has 2 aliphatic rings. The van der Waals surface area contributed by atoms with Crippen LogP contribution in [-0.2, 0) is 9.59 Å². The van der Waals surface area contributed by atoms with Gasteiger partial charge in [-0.05, 0) is 49.6 Å². The molecule has 0 unspecified atom stereocenters. The fraction of sp³-hybridized carbons (Fsp3) is 0.375. The molecule has 2 aromatic carbocycles. The van der Waals surface area contributed by atoms with Crippen molar-refractivity contribution in [3.8, 4) is 0 Å². The number of piperidine rings is 1. The summed E-state index contributed by atoms with van der Waals surface area (Å²) in [6.45, 7) is 3.31. The molecular weight excluding hydrogens is 395 g/mol. The third-order valence-electron chi connectivity index (χ3n) is 6.54. The summed E-state index contributed by atoms with van der Waals surface area (Å²) in [5, 5.41) is 0. The quantitative estimate of drug-likeness (QED) is 0.701. The maximum absolute atomic E-state index is 13.9. The number of anilines is 1. The lowest BCUT2D eigenvalue weighted by molar-refractivity contribution is -0.136. The zero-order chi connectivity index (χ0) is 21.5. The van der Waals surface area contributed by atoms with Crippen molar-refractivity contribution in [2.45, 2.75) is 32.1 Å². The summed E-state index contributed by atoms with van der Waals surface area (Å²) >= 11 is 0. The van der Waals surface area contributed by atoms with Crippen molar-refractivity contribution < 1.29 is 14.0 Å². The van der Waals surface area contributed by atoms with Crippen molar-refractivity contribution in [1.29, 1.82) is 0 Å². The minimum atomic E-state index is -0.375. The number of carbonyl (C=O) groups excluding carboxylic acids is 2. The lowest BCUT2D eigenvalue weighted by Gasteiger charge is -2.32. The van der Waals surface area contributed by atoms with E-state index in [1.807, 2.05) is 29.2 Å². The second-order valence-electron chi connectivity index (χ2n) is 8.58. The van der Waals surface area contributed by atoms with E-state index in [1.54, 1.807) is 19.1 Å². The topological polar surface area (TPSA) is 69.3 Å². The third kappa shape index (κ3) is 3.69. The number of para-hydroxylation sites is 2. The molecule has 1 atom stereocenters. The molecule has 3 aromatic rings. The Kier molecular flexibility index (Phi) is 4.96. The second kappa shape index (κ2) is 7.80. The number of aryl methyl sites for hydroxylation is 1. The van der Waals surface area contributed by atoms with Crippen LogP contribution in [0.25, 0.3) is 11.0 Å². The molecule has 0 bridgehead atoms. The minimum absolute atomic E-state index is 0.0199. The van der Waals surface area contributed by atoms with Crippen LogP contribution in [0, 0.1) is 18.7 Å². The van der Waals surface area contributed by atoms with Crippen molar-refractivity contribution >= 4 is 28.5 Å². The van der Waals surface area contributed by atoms with Crippen molar-refractivity contribution in [2.75, 3.05) is 24.5 Å². The first-order valence-corrected chi connectivity index (χ1v) is 10.8. The van der Waals surface area contributed by atoms with Crippen molar-refractivity contribution in [2.24, 2.45) is 5.92 Å². The Hall–Kier alpha value is -3.22. The summed E-state index contributed by atoms with van der Waals surface area (Å²) in [6, 6.07) is 12.8. The van der Waals surface area contributed by atoms with E-state index in [9.17, 15) is 14.0 Å². The molecule has 31 heavy (non-hydrogen) atoms. The number of likely N-dealkylation sites (tertiary alicyclic amines) is 1. The lowest BCUT2D eigenvalue weighted by atomic mass is 9.95. The Morgan fingerprint density at radius 1 is 1.16 bits per heavy atom. The van der Waals surface area contributed by atoms with Gasteiger partial charge in [0.2, 0.25) is 11.8 Å². The second-order valence-corrected chi connectivity index (χ2v) is 8.58. The fourth-order valence-electron chi connectivity index (χ4n) is 4.67. The van der Waals surface area contributed by atoms with Gasteiger partial charge in [-0.2, -0.15) is 0 Å². The normalized spacial score (nSPS) is 20.1. The maximum atomic E-state index is 13.9. The number of fused-ring (bicyclic) bond motifs is 1. The molecule has 2 fully saturated rings. The zero-order valence-electron chi connectivity index (χ0n) is 17.5. The van der Waals surface area contributed by atoms with E-state index in [1.165, 1.54) is 11.0 Å². The van der Waals surface area contributed by atoms with Crippen LogP contribution in [0.4, 0.5) is 10.1 Å². The summed E-state index contributed by atoms with van der Waals surface area (Å²) < 4.78 is 13.9. The maximum Gasteiger partial charge on any atom is 0.228 e. The van der Waals surface area contributed by atoms with Crippen molar-refractivity contribution in [1.82, 2.24) is 14.9 Å². The molecule has 1 N–H and O–H groups in total. The van der Waals surface area contributed by atoms with Gasteiger partial charge in [0.25, 0.3) is 0 Å². The first-order chi connectivity index (χ1) is 15.0. The van der Waals surface area contributed by atoms with Crippen LogP contribution < -0.4 is 4.90 Å². The highest BCUT2D eigenvalue weighted by atomic mass is 19.1. The van der Waals surface area contributed by atoms with Gasteiger partial charge in [-0.15, -0.1) is 0 Å². The van der Waals surface area contributed by atoms with Gasteiger partial charge in [0.05, 0.1) is 17.0 Å². The summed E-state index contributed by atoms with van der Waals surface area (Å²) in [7, 11) is 0. The number of aromatic nitrogens is 2. The standard InChI is InChI=1S/C24H25FN4O2/c1-15-6-7-18(13-19(15)25)29-14-17(12-22(29)30)24(31)28-10-8-16(9-11-28)23-26-20-4-2-3-5-21(20)27-23/h2-7,13,16-17H,8-12,14H2,1H3,(H,26,27)/t17-/m1/s1. The lowest BCUT2D eigenvalue weighted by Crippen LogP contribution is -2.42. The van der Waals surface area contributed by atoms with Gasteiger partial charge >= 0.3 is 0 Å². The summed E-state index contributed by atoms with van der Waals surface area (Å²) in [5.74, 6) is 0.461. The molecule has 160 valence electrons. The van der Waals surface area contributed by atoms with Crippen molar-refractivity contribution in [3.63, 3.8) is 0 Å². The molecule has 0 spiro atoms. The van der Waals surface area contributed by atoms with Gasteiger partial charge in [0, 0.05) is 37.7 Å². The predicted octanol–water partition coefficient (Wildman–Crippen LogP) is 3.77. The molecule has 0 saturated carbocycles. The Bertz CT molecular complexity index is 1120. The number of amides is 2. The number of halogens is 1. The average molecular weight is 420 g/mol. The van der Waals surface area contributed by atoms with Crippen LogP contribution in [0.5, 0.6) is 0 Å². The first kappa shape index (κ1) is 19.7. The first-order valence-electron chi connectivity index (χ1n) is 10.8. The van der Waals surface area contributed by atoms with Crippen LogP contribution >= 0.6 is 0 Å². The SMILES string of the molecule is Cc1ccc(N2C[C@H](C(=O)N3CCC(c4nc5ccccc5[nH]4)CC3)CC2=O)cc1F. The van der Waals surface area contributed by atoms with E-state index in [0.717, 1.165) is 29.7 Å². The Morgan fingerprint density at radius 3 is 2.68 bits per heavy atom. The monoisotopic (exact) mass is 420 g/mol. The van der Waals surface area contributed by atoms with E-state index < -0.39 is 0 Å². The molecule has 0 radical (unpaired) electrons. The largest absolute Gasteiger partial charge is 0.342 e. The molecule has 2 amide bonds. The van der Waals surface area contributed by atoms with E-state index in [0.29, 0.717) is 36.8 Å². The predicted molar refractivity (Wildman–Crippen MR) is 116 cm³/mol. The molecule has 2 aliphatic heterocycles. The number of carbonyl (C=O) groups is 2. The summed E-state index contributed by atoms with van der Waals surface area (Å²) in [4.78, 5) is 37.1. The molecule has 1 aromatic heterocycles.